The Morgan fingerprint density at radius 2 is 1.73 bits per heavy atom. The summed E-state index contributed by atoms with van der Waals surface area (Å²) in [6.07, 6.45) is -3.63. The highest BCUT2D eigenvalue weighted by atomic mass is 19.4. The highest BCUT2D eigenvalue weighted by Crippen LogP contribution is 2.38. The fourth-order valence-corrected chi connectivity index (χ4v) is 3.37. The zero-order chi connectivity index (χ0) is 21.1. The first-order chi connectivity index (χ1) is 14.4. The summed E-state index contributed by atoms with van der Waals surface area (Å²) >= 11 is 0. The summed E-state index contributed by atoms with van der Waals surface area (Å²) < 4.78 is 50.8. The third kappa shape index (κ3) is 4.02. The minimum absolute atomic E-state index is 0.219. The van der Waals surface area contributed by atoms with Crippen LogP contribution in [0.3, 0.4) is 0 Å². The Morgan fingerprint density at radius 1 is 1.03 bits per heavy atom. The molecular formula is C21H18F3N3O3. The Bertz CT molecular complexity index is 1040. The number of ether oxygens (including phenoxy) is 1. The van der Waals surface area contributed by atoms with Crippen molar-refractivity contribution in [3.63, 3.8) is 0 Å². The van der Waals surface area contributed by atoms with Crippen molar-refractivity contribution in [2.24, 2.45) is 0 Å². The predicted molar refractivity (Wildman–Crippen MR) is 104 cm³/mol. The van der Waals surface area contributed by atoms with Gasteiger partial charge in [-0.2, -0.15) is 13.2 Å². The van der Waals surface area contributed by atoms with Crippen molar-refractivity contribution in [2.45, 2.75) is 6.18 Å². The molecule has 1 N–H and O–H groups in total. The minimum Gasteiger partial charge on any atom is -0.443 e. The van der Waals surface area contributed by atoms with Crippen LogP contribution in [0, 0.1) is 0 Å². The Labute approximate surface area is 170 Å². The number of alkyl halides is 3. The molecule has 0 atom stereocenters. The van der Waals surface area contributed by atoms with Crippen molar-refractivity contribution in [2.75, 3.05) is 36.5 Å². The van der Waals surface area contributed by atoms with Crippen molar-refractivity contribution in [1.29, 1.82) is 0 Å². The van der Waals surface area contributed by atoms with Gasteiger partial charge < -0.3 is 19.4 Å². The summed E-state index contributed by atoms with van der Waals surface area (Å²) in [7, 11) is 0. The van der Waals surface area contributed by atoms with Crippen LogP contribution in [0.1, 0.15) is 16.1 Å². The van der Waals surface area contributed by atoms with Gasteiger partial charge in [-0.1, -0.05) is 30.3 Å². The Kier molecular flexibility index (Phi) is 5.45. The van der Waals surface area contributed by atoms with E-state index in [-0.39, 0.29) is 17.0 Å². The molecule has 1 aliphatic rings. The smallest absolute Gasteiger partial charge is 0.417 e. The number of morpholine rings is 1. The normalized spacial score (nSPS) is 14.6. The molecule has 1 aliphatic heterocycles. The van der Waals surface area contributed by atoms with Crippen molar-refractivity contribution in [1.82, 2.24) is 4.98 Å². The van der Waals surface area contributed by atoms with Gasteiger partial charge in [0.05, 0.1) is 30.2 Å². The van der Waals surface area contributed by atoms with E-state index in [9.17, 15) is 18.0 Å². The van der Waals surface area contributed by atoms with Gasteiger partial charge in [0.1, 0.15) is 0 Å². The summed E-state index contributed by atoms with van der Waals surface area (Å²) in [6, 6.07) is 12.1. The Morgan fingerprint density at radius 3 is 2.50 bits per heavy atom. The molecule has 0 bridgehead atoms. The number of carbonyl (C=O) groups is 1. The number of halogens is 3. The van der Waals surface area contributed by atoms with Crippen LogP contribution in [0.2, 0.25) is 0 Å². The number of nitrogens with zero attached hydrogens (tertiary/aromatic N) is 2. The molecule has 0 radical (unpaired) electrons. The van der Waals surface area contributed by atoms with Gasteiger partial charge in [0, 0.05) is 18.7 Å². The molecule has 1 fully saturated rings. The average Bonchev–Trinajstić information content (AvgIpc) is 3.24. The van der Waals surface area contributed by atoms with E-state index in [1.807, 2.05) is 12.1 Å². The number of rotatable bonds is 4. The lowest BCUT2D eigenvalue weighted by molar-refractivity contribution is -0.137. The van der Waals surface area contributed by atoms with Crippen LogP contribution < -0.4 is 10.2 Å². The third-order valence-electron chi connectivity index (χ3n) is 4.76. The number of carbonyl (C=O) groups excluding carboxylic acids is 1. The molecule has 1 aromatic heterocycles. The second-order valence-corrected chi connectivity index (χ2v) is 6.64. The lowest BCUT2D eigenvalue weighted by atomic mass is 10.0. The molecule has 1 saturated heterocycles. The number of nitrogens with one attached hydrogen (secondary N) is 1. The predicted octanol–water partition coefficient (Wildman–Crippen LogP) is 4.45. The number of amides is 1. The molecule has 156 valence electrons. The second-order valence-electron chi connectivity index (χ2n) is 6.64. The minimum atomic E-state index is -4.60. The highest BCUT2D eigenvalue weighted by molar-refractivity contribution is 6.08. The van der Waals surface area contributed by atoms with Gasteiger partial charge in [-0.3, -0.25) is 4.79 Å². The fourth-order valence-electron chi connectivity index (χ4n) is 3.37. The van der Waals surface area contributed by atoms with Gasteiger partial charge >= 0.3 is 6.18 Å². The van der Waals surface area contributed by atoms with Crippen LogP contribution in [0.25, 0.3) is 11.3 Å². The van der Waals surface area contributed by atoms with Gasteiger partial charge in [0.2, 0.25) is 0 Å². The van der Waals surface area contributed by atoms with E-state index in [4.69, 9.17) is 9.15 Å². The van der Waals surface area contributed by atoms with Gasteiger partial charge in [0.25, 0.3) is 5.91 Å². The largest absolute Gasteiger partial charge is 0.443 e. The van der Waals surface area contributed by atoms with E-state index in [0.29, 0.717) is 32.0 Å². The molecule has 6 nitrogen and oxygen atoms in total. The summed E-state index contributed by atoms with van der Waals surface area (Å²) in [4.78, 5) is 18.9. The molecule has 1 amide bonds. The lowest BCUT2D eigenvalue weighted by Gasteiger charge is -2.30. The number of oxazole rings is 1. The number of anilines is 2. The van der Waals surface area contributed by atoms with E-state index >= 15 is 0 Å². The second kappa shape index (κ2) is 8.19. The quantitative estimate of drug-likeness (QED) is 0.680. The highest BCUT2D eigenvalue weighted by Gasteiger charge is 2.35. The molecule has 9 heteroatoms. The topological polar surface area (TPSA) is 67.6 Å². The number of hydrogen-bond donors (Lipinski definition) is 1. The molecule has 0 unspecified atom stereocenters. The molecule has 2 aromatic carbocycles. The lowest BCUT2D eigenvalue weighted by Crippen LogP contribution is -2.36. The number of para-hydroxylation sites is 2. The summed E-state index contributed by atoms with van der Waals surface area (Å²) in [5.41, 5.74) is -0.0283. The van der Waals surface area contributed by atoms with E-state index in [1.165, 1.54) is 18.2 Å². The Hall–Kier alpha value is -3.33. The molecule has 2 heterocycles. The van der Waals surface area contributed by atoms with Gasteiger partial charge in [-0.05, 0) is 18.2 Å². The van der Waals surface area contributed by atoms with Crippen molar-refractivity contribution in [3.8, 4) is 11.3 Å². The van der Waals surface area contributed by atoms with Crippen LogP contribution in [-0.2, 0) is 10.9 Å². The zero-order valence-corrected chi connectivity index (χ0v) is 15.8. The van der Waals surface area contributed by atoms with Crippen molar-refractivity contribution in [3.05, 3.63) is 66.2 Å². The molecular weight excluding hydrogens is 399 g/mol. The van der Waals surface area contributed by atoms with E-state index in [1.54, 1.807) is 12.1 Å². The van der Waals surface area contributed by atoms with E-state index in [2.05, 4.69) is 15.2 Å². The number of aromatic nitrogens is 1. The summed E-state index contributed by atoms with van der Waals surface area (Å²) in [6.45, 7) is 2.48. The molecule has 0 aliphatic carbocycles. The van der Waals surface area contributed by atoms with Gasteiger partial charge in [0.15, 0.2) is 17.8 Å². The van der Waals surface area contributed by atoms with Crippen LogP contribution in [-0.4, -0.2) is 37.2 Å². The molecule has 4 rings (SSSR count). The summed E-state index contributed by atoms with van der Waals surface area (Å²) in [5.74, 6) is -0.888. The first-order valence-electron chi connectivity index (χ1n) is 9.28. The maximum absolute atomic E-state index is 13.4. The first kappa shape index (κ1) is 20.0. The van der Waals surface area contributed by atoms with E-state index < -0.39 is 17.6 Å². The maximum atomic E-state index is 13.4. The molecule has 30 heavy (non-hydrogen) atoms. The molecule has 0 saturated carbocycles. The molecule has 3 aromatic rings. The average molecular weight is 417 g/mol. The van der Waals surface area contributed by atoms with Crippen molar-refractivity contribution < 1.29 is 27.1 Å². The van der Waals surface area contributed by atoms with Crippen LogP contribution >= 0.6 is 0 Å². The molecule has 0 spiro atoms. The SMILES string of the molecule is O=C(Nc1ccccc1N1CCOCC1)c1ncoc1-c1ccccc1C(F)(F)F. The number of hydrogen-bond acceptors (Lipinski definition) is 5. The third-order valence-corrected chi connectivity index (χ3v) is 4.76. The van der Waals surface area contributed by atoms with Crippen LogP contribution in [0.5, 0.6) is 0 Å². The standard InChI is InChI=1S/C21H18F3N3O3/c22-21(23,24)15-6-2-1-5-14(15)19-18(25-13-30-19)20(28)26-16-7-3-4-8-17(16)27-9-11-29-12-10-27/h1-8,13H,9-12H2,(H,26,28). The Balaban J connectivity index is 1.65. The van der Waals surface area contributed by atoms with Gasteiger partial charge in [-0.25, -0.2) is 4.98 Å². The van der Waals surface area contributed by atoms with E-state index in [0.717, 1.165) is 18.1 Å². The zero-order valence-electron chi connectivity index (χ0n) is 15.8. The summed E-state index contributed by atoms with van der Waals surface area (Å²) in [5, 5.41) is 2.75. The monoisotopic (exact) mass is 417 g/mol. The van der Waals surface area contributed by atoms with Crippen LogP contribution in [0.15, 0.2) is 59.3 Å². The van der Waals surface area contributed by atoms with Crippen LogP contribution in [0.4, 0.5) is 24.5 Å². The van der Waals surface area contributed by atoms with Crippen molar-refractivity contribution >= 4 is 17.3 Å². The number of benzene rings is 2. The first-order valence-corrected chi connectivity index (χ1v) is 9.28. The fraction of sp³-hybridized carbons (Fsp3) is 0.238. The van der Waals surface area contributed by atoms with Gasteiger partial charge in [-0.15, -0.1) is 0 Å². The maximum Gasteiger partial charge on any atom is 0.417 e.